The second kappa shape index (κ2) is 23.0. The molecule has 8 heteroatoms. The highest BCUT2D eigenvalue weighted by atomic mass is 16.4. The zero-order chi connectivity index (χ0) is 30.4. The van der Waals surface area contributed by atoms with Crippen LogP contribution in [0, 0.1) is 5.92 Å². The second-order valence-electron chi connectivity index (χ2n) is 8.83. The first-order chi connectivity index (χ1) is 17.8. The van der Waals surface area contributed by atoms with Gasteiger partial charge in [0.1, 0.15) is 6.04 Å². The molecule has 0 spiro atoms. The molecule has 2 amide bonds. The molecule has 0 aliphatic rings. The zero-order valence-corrected chi connectivity index (χ0v) is 25.9. The molecule has 1 rings (SSSR count). The molecule has 4 N–H and O–H groups in total. The molecule has 0 aliphatic carbocycles. The average Bonchev–Trinajstić information content (AvgIpc) is 2.91. The molecule has 0 heterocycles. The van der Waals surface area contributed by atoms with Crippen LogP contribution in [0.3, 0.4) is 0 Å². The van der Waals surface area contributed by atoms with Crippen molar-refractivity contribution < 1.29 is 19.5 Å². The Hall–Kier alpha value is -3.13. The van der Waals surface area contributed by atoms with E-state index in [-0.39, 0.29) is 30.0 Å². The van der Waals surface area contributed by atoms with Crippen molar-refractivity contribution in [3.63, 3.8) is 0 Å². The molecule has 0 bridgehead atoms. The Labute approximate surface area is 232 Å². The highest BCUT2D eigenvalue weighted by molar-refractivity contribution is 5.89. The van der Waals surface area contributed by atoms with Gasteiger partial charge >= 0.3 is 5.97 Å². The summed E-state index contributed by atoms with van der Waals surface area (Å²) in [6.45, 7) is 21.6. The number of benzene rings is 1. The Bertz CT molecular complexity index is 866. The van der Waals surface area contributed by atoms with E-state index in [1.165, 1.54) is 35.5 Å². The number of carboxylic acids is 1. The number of hydrogen-bond acceptors (Lipinski definition) is 5. The predicted octanol–water partition coefficient (Wildman–Crippen LogP) is 5.43. The fourth-order valence-corrected chi connectivity index (χ4v) is 2.61. The molecule has 8 nitrogen and oxygen atoms in total. The number of carbonyl (C=O) groups is 3. The van der Waals surface area contributed by atoms with Crippen LogP contribution in [0.5, 0.6) is 0 Å². The first-order valence-electron chi connectivity index (χ1n) is 13.4. The monoisotopic (exact) mass is 534 g/mol. The Morgan fingerprint density at radius 1 is 1.03 bits per heavy atom. The maximum atomic E-state index is 12.0. The Morgan fingerprint density at radius 2 is 1.53 bits per heavy atom. The maximum absolute atomic E-state index is 12.0. The van der Waals surface area contributed by atoms with Crippen molar-refractivity contribution in [3.8, 4) is 0 Å². The summed E-state index contributed by atoms with van der Waals surface area (Å²) in [7, 11) is 5.15. The molecule has 2 atom stereocenters. The van der Waals surface area contributed by atoms with E-state index in [2.05, 4.69) is 62.4 Å². The number of allylic oxidation sites excluding steroid dienone is 1. The minimum Gasteiger partial charge on any atom is -0.478 e. The number of carbonyl (C=O) groups excluding carboxylic acids is 2. The van der Waals surface area contributed by atoms with Crippen molar-refractivity contribution in [3.05, 3.63) is 48.1 Å². The van der Waals surface area contributed by atoms with Crippen LogP contribution in [0.2, 0.25) is 0 Å². The molecule has 0 aliphatic heterocycles. The summed E-state index contributed by atoms with van der Waals surface area (Å²) in [6, 6.07) is 7.20. The van der Waals surface area contributed by atoms with Crippen LogP contribution < -0.4 is 16.0 Å². The number of hydrogen-bond donors (Lipinski definition) is 4. The summed E-state index contributed by atoms with van der Waals surface area (Å²) in [4.78, 5) is 35.6. The maximum Gasteiger partial charge on any atom is 0.331 e. The number of nitrogens with zero attached hydrogens (tertiary/aromatic N) is 1. The third-order valence-corrected chi connectivity index (χ3v) is 5.18. The standard InChI is InChI=1S/C13H23N3O4.C12H17N.C3H8.C2H6/c1-8(13(19)20)6-7-16(5)12(18)10(3)15-11(17)9(2)14-4;1-9(2)10(3)11-7-5-6-8-12(11)13-4;1-3-2;1-2/h6,9-10,14H,7H2,1-5H3,(H,15,17)(H,19,20);5-9,13H,3H2,1-2,4H3;3H2,1-2H3;1-2H3/b8-6+;;;/t9?,10-;;;/m0.../s1. The van der Waals surface area contributed by atoms with Gasteiger partial charge in [0.05, 0.1) is 6.04 Å². The summed E-state index contributed by atoms with van der Waals surface area (Å²) in [5.41, 5.74) is 3.73. The number of aliphatic carboxylic acids is 1. The zero-order valence-electron chi connectivity index (χ0n) is 25.9. The van der Waals surface area contributed by atoms with E-state index >= 15 is 0 Å². The van der Waals surface area contributed by atoms with E-state index in [4.69, 9.17) is 5.11 Å². The number of carboxylic acid groups (broad SMARTS) is 1. The topological polar surface area (TPSA) is 111 Å². The predicted molar refractivity (Wildman–Crippen MR) is 162 cm³/mol. The van der Waals surface area contributed by atoms with Gasteiger partial charge in [-0.25, -0.2) is 4.79 Å². The van der Waals surface area contributed by atoms with E-state index in [0.717, 1.165) is 5.69 Å². The summed E-state index contributed by atoms with van der Waals surface area (Å²) in [5.74, 6) is -1.07. The molecule has 0 saturated carbocycles. The molecule has 1 aromatic carbocycles. The highest BCUT2D eigenvalue weighted by Crippen LogP contribution is 2.27. The van der Waals surface area contributed by atoms with Crippen molar-refractivity contribution in [2.24, 2.45) is 5.92 Å². The van der Waals surface area contributed by atoms with Gasteiger partial charge < -0.3 is 26.0 Å². The fourth-order valence-electron chi connectivity index (χ4n) is 2.61. The molecule has 0 saturated heterocycles. The smallest absolute Gasteiger partial charge is 0.331 e. The van der Waals surface area contributed by atoms with Gasteiger partial charge in [0.25, 0.3) is 0 Å². The molecule has 38 heavy (non-hydrogen) atoms. The lowest BCUT2D eigenvalue weighted by Crippen LogP contribution is -2.50. The van der Waals surface area contributed by atoms with E-state index in [0.29, 0.717) is 5.92 Å². The van der Waals surface area contributed by atoms with Crippen LogP contribution in [0.1, 0.15) is 74.3 Å². The molecule has 0 aromatic heterocycles. The van der Waals surface area contributed by atoms with E-state index in [1.54, 1.807) is 27.9 Å². The lowest BCUT2D eigenvalue weighted by atomic mass is 9.96. The largest absolute Gasteiger partial charge is 0.478 e. The third kappa shape index (κ3) is 16.6. The Morgan fingerprint density at radius 3 is 1.95 bits per heavy atom. The van der Waals surface area contributed by atoms with Crippen molar-refractivity contribution >= 4 is 29.0 Å². The van der Waals surface area contributed by atoms with Crippen molar-refractivity contribution in [2.75, 3.05) is 33.0 Å². The van der Waals surface area contributed by atoms with Crippen LogP contribution in [0.25, 0.3) is 5.57 Å². The van der Waals surface area contributed by atoms with Gasteiger partial charge in [0.2, 0.25) is 11.8 Å². The second-order valence-corrected chi connectivity index (χ2v) is 8.83. The highest BCUT2D eigenvalue weighted by Gasteiger charge is 2.21. The number of rotatable bonds is 10. The fraction of sp³-hybridized carbons (Fsp3) is 0.567. The van der Waals surface area contributed by atoms with Crippen molar-refractivity contribution in [2.45, 2.75) is 80.8 Å². The number of para-hydroxylation sites is 1. The number of likely N-dealkylation sites (N-methyl/N-ethyl adjacent to an activating group) is 2. The minimum atomic E-state index is -1.02. The van der Waals surface area contributed by atoms with Gasteiger partial charge in [-0.15, -0.1) is 0 Å². The minimum absolute atomic E-state index is 0.171. The van der Waals surface area contributed by atoms with Crippen LogP contribution in [0.15, 0.2) is 42.5 Å². The Balaban J connectivity index is -0.000000581. The number of amides is 2. The average molecular weight is 535 g/mol. The lowest BCUT2D eigenvalue weighted by molar-refractivity contribution is -0.135. The van der Waals surface area contributed by atoms with Gasteiger partial charge in [-0.05, 0) is 45.4 Å². The van der Waals surface area contributed by atoms with Gasteiger partial charge in [0.15, 0.2) is 0 Å². The van der Waals surface area contributed by atoms with Gasteiger partial charge in [-0.3, -0.25) is 9.59 Å². The molecule has 0 fully saturated rings. The molecule has 1 unspecified atom stereocenters. The normalized spacial score (nSPS) is 11.7. The van der Waals surface area contributed by atoms with Crippen molar-refractivity contribution in [1.29, 1.82) is 0 Å². The molecule has 1 aromatic rings. The van der Waals surface area contributed by atoms with Gasteiger partial charge in [-0.1, -0.05) is 78.8 Å². The summed E-state index contributed by atoms with van der Waals surface area (Å²) in [5, 5.41) is 17.3. The first kappa shape index (κ1) is 39.4. The van der Waals surface area contributed by atoms with Crippen LogP contribution in [-0.2, 0) is 14.4 Å². The molecule has 218 valence electrons. The summed E-state index contributed by atoms with van der Waals surface area (Å²) in [6.07, 6.45) is 2.70. The third-order valence-electron chi connectivity index (χ3n) is 5.18. The van der Waals surface area contributed by atoms with Gasteiger partial charge in [0, 0.05) is 37.5 Å². The summed E-state index contributed by atoms with van der Waals surface area (Å²) < 4.78 is 0. The van der Waals surface area contributed by atoms with E-state index < -0.39 is 12.0 Å². The Kier molecular flexibility index (Phi) is 23.9. The van der Waals surface area contributed by atoms with Crippen LogP contribution in [0.4, 0.5) is 5.69 Å². The number of anilines is 1. The van der Waals surface area contributed by atoms with Gasteiger partial charge in [-0.2, -0.15) is 0 Å². The first-order valence-corrected chi connectivity index (χ1v) is 13.4. The summed E-state index contributed by atoms with van der Waals surface area (Å²) >= 11 is 0. The van der Waals surface area contributed by atoms with E-state index in [1.807, 2.05) is 33.0 Å². The molecular weight excluding hydrogens is 480 g/mol. The van der Waals surface area contributed by atoms with Crippen LogP contribution in [-0.4, -0.2) is 67.6 Å². The quantitative estimate of drug-likeness (QED) is 0.298. The van der Waals surface area contributed by atoms with Crippen molar-refractivity contribution in [1.82, 2.24) is 15.5 Å². The molecule has 0 radical (unpaired) electrons. The SMILES string of the molecule is C=C(c1ccccc1NC)C(C)C.CC.CCC.CNC(C)C(=O)N[C@@H](C)C(=O)N(C)C/C=C(\C)C(=O)O. The van der Waals surface area contributed by atoms with Crippen LogP contribution >= 0.6 is 0 Å². The number of nitrogens with one attached hydrogen (secondary N) is 3. The van der Waals surface area contributed by atoms with E-state index in [9.17, 15) is 14.4 Å². The lowest BCUT2D eigenvalue weighted by Gasteiger charge is -2.22. The molecular formula is C30H54N4O4.